The Morgan fingerprint density at radius 3 is 2.38 bits per heavy atom. The Hall–Kier alpha value is -1.40. The first-order valence-electron chi connectivity index (χ1n) is 6.60. The van der Waals surface area contributed by atoms with Crippen LogP contribution in [-0.2, 0) is 11.2 Å². The van der Waals surface area contributed by atoms with Crippen molar-refractivity contribution in [2.75, 3.05) is 18.1 Å². The fraction of sp³-hybridized carbons (Fsp3) is 0.250. The first-order valence-corrected chi connectivity index (χ1v) is 8.09. The molecule has 0 fully saturated rings. The van der Waals surface area contributed by atoms with E-state index in [0.29, 0.717) is 11.1 Å². The predicted molar refractivity (Wildman–Crippen MR) is 81.8 cm³/mol. The van der Waals surface area contributed by atoms with E-state index in [4.69, 9.17) is 5.11 Å². The van der Waals surface area contributed by atoms with Gasteiger partial charge in [-0.3, -0.25) is 0 Å². The van der Waals surface area contributed by atoms with Gasteiger partial charge < -0.3 is 14.8 Å². The maximum Gasteiger partial charge on any atom is 0.135 e. The molecule has 2 unspecified atom stereocenters. The lowest BCUT2D eigenvalue weighted by atomic mass is 10.0. The van der Waals surface area contributed by atoms with E-state index in [1.54, 1.807) is 42.5 Å². The molecule has 0 bridgehead atoms. The minimum Gasteiger partial charge on any atom is -0.616 e. The highest BCUT2D eigenvalue weighted by atomic mass is 32.2. The van der Waals surface area contributed by atoms with Crippen LogP contribution in [0, 0.1) is 5.82 Å². The second-order valence-corrected chi connectivity index (χ2v) is 6.27. The number of aliphatic hydroxyl groups excluding tert-OH is 2. The zero-order valence-corrected chi connectivity index (χ0v) is 12.2. The molecular formula is C16H17FO3S. The van der Waals surface area contributed by atoms with Crippen LogP contribution in [0.5, 0.6) is 0 Å². The molecule has 0 aliphatic rings. The van der Waals surface area contributed by atoms with Crippen molar-refractivity contribution >= 4 is 11.2 Å². The fourth-order valence-electron chi connectivity index (χ4n) is 2.04. The summed E-state index contributed by atoms with van der Waals surface area (Å²) in [5.41, 5.74) is 1.85. The maximum atomic E-state index is 13.7. The second-order valence-electron chi connectivity index (χ2n) is 4.65. The van der Waals surface area contributed by atoms with Crippen molar-refractivity contribution in [3.05, 3.63) is 59.9 Å². The molecule has 2 rings (SSSR count). The molecule has 21 heavy (non-hydrogen) atoms. The topological polar surface area (TPSA) is 63.5 Å². The van der Waals surface area contributed by atoms with Gasteiger partial charge in [-0.1, -0.05) is 42.5 Å². The van der Waals surface area contributed by atoms with Gasteiger partial charge in [0, 0.05) is 5.56 Å². The highest BCUT2D eigenvalue weighted by molar-refractivity contribution is 7.91. The molecule has 2 atom stereocenters. The van der Waals surface area contributed by atoms with Crippen molar-refractivity contribution in [2.24, 2.45) is 0 Å². The number of benzene rings is 2. The summed E-state index contributed by atoms with van der Waals surface area (Å²) in [5.74, 6) is -0.0564. The Morgan fingerprint density at radius 1 is 1.10 bits per heavy atom. The Bertz CT molecular complexity index is 574. The monoisotopic (exact) mass is 308 g/mol. The lowest BCUT2D eigenvalue weighted by molar-refractivity contribution is 0.201. The highest BCUT2D eigenvalue weighted by Crippen LogP contribution is 2.24. The number of halogens is 1. The van der Waals surface area contributed by atoms with Crippen LogP contribution in [0.2, 0.25) is 0 Å². The maximum absolute atomic E-state index is 13.7. The lowest BCUT2D eigenvalue weighted by Crippen LogP contribution is -2.19. The summed E-state index contributed by atoms with van der Waals surface area (Å²) >= 11 is -1.26. The van der Waals surface area contributed by atoms with Crippen molar-refractivity contribution < 1.29 is 19.2 Å². The van der Waals surface area contributed by atoms with Crippen molar-refractivity contribution in [2.45, 2.75) is 6.10 Å². The first-order chi connectivity index (χ1) is 10.1. The minimum atomic E-state index is -1.26. The number of hydrogen-bond acceptors (Lipinski definition) is 3. The molecule has 3 nitrogen and oxygen atoms in total. The van der Waals surface area contributed by atoms with Crippen LogP contribution in [0.3, 0.4) is 0 Å². The van der Waals surface area contributed by atoms with Gasteiger partial charge in [0.1, 0.15) is 23.4 Å². The first kappa shape index (κ1) is 16.0. The van der Waals surface area contributed by atoms with Gasteiger partial charge in [-0.05, 0) is 28.4 Å². The Kier molecular flexibility index (Phi) is 5.76. The van der Waals surface area contributed by atoms with Crippen LogP contribution in [-0.4, -0.2) is 32.9 Å². The van der Waals surface area contributed by atoms with E-state index >= 15 is 0 Å². The summed E-state index contributed by atoms with van der Waals surface area (Å²) in [4.78, 5) is 0. The molecule has 5 heteroatoms. The van der Waals surface area contributed by atoms with Crippen LogP contribution in [0.1, 0.15) is 11.7 Å². The van der Waals surface area contributed by atoms with Gasteiger partial charge in [0.15, 0.2) is 0 Å². The normalized spacial score (nSPS) is 13.9. The summed E-state index contributed by atoms with van der Waals surface area (Å²) in [6.45, 7) is -0.161. The Labute approximate surface area is 126 Å². The van der Waals surface area contributed by atoms with E-state index in [2.05, 4.69) is 0 Å². The molecule has 0 heterocycles. The van der Waals surface area contributed by atoms with E-state index in [9.17, 15) is 14.0 Å². The van der Waals surface area contributed by atoms with Gasteiger partial charge >= 0.3 is 0 Å². The summed E-state index contributed by atoms with van der Waals surface area (Å²) in [7, 11) is 0. The van der Waals surface area contributed by atoms with Crippen molar-refractivity contribution in [3.8, 4) is 11.1 Å². The lowest BCUT2D eigenvalue weighted by Gasteiger charge is -2.15. The van der Waals surface area contributed by atoms with Crippen molar-refractivity contribution in [1.29, 1.82) is 0 Å². The molecule has 2 N–H and O–H groups in total. The van der Waals surface area contributed by atoms with E-state index in [0.717, 1.165) is 5.56 Å². The van der Waals surface area contributed by atoms with E-state index in [1.165, 1.54) is 6.07 Å². The molecule has 0 saturated carbocycles. The summed E-state index contributed by atoms with van der Waals surface area (Å²) < 4.78 is 25.2. The zero-order valence-electron chi connectivity index (χ0n) is 11.4. The Balaban J connectivity index is 2.10. The van der Waals surface area contributed by atoms with Gasteiger partial charge in [0.05, 0.1) is 6.61 Å². The van der Waals surface area contributed by atoms with Crippen molar-refractivity contribution in [3.63, 3.8) is 0 Å². The summed E-state index contributed by atoms with van der Waals surface area (Å²) in [5, 5.41) is 18.7. The summed E-state index contributed by atoms with van der Waals surface area (Å²) in [6, 6.07) is 13.3. The molecule has 0 aliphatic heterocycles. The predicted octanol–water partition coefficient (Wildman–Crippen LogP) is 2.27. The van der Waals surface area contributed by atoms with E-state index in [-0.39, 0.29) is 23.9 Å². The smallest absolute Gasteiger partial charge is 0.135 e. The van der Waals surface area contributed by atoms with Crippen molar-refractivity contribution in [1.82, 2.24) is 0 Å². The summed E-state index contributed by atoms with van der Waals surface area (Å²) in [6.07, 6.45) is -0.855. The number of hydrogen-bond donors (Lipinski definition) is 2. The quantitative estimate of drug-likeness (QED) is 0.805. The van der Waals surface area contributed by atoms with Crippen LogP contribution in [0.4, 0.5) is 4.39 Å². The minimum absolute atomic E-state index is 0.0829. The third-order valence-electron chi connectivity index (χ3n) is 3.14. The zero-order chi connectivity index (χ0) is 15.2. The van der Waals surface area contributed by atoms with Crippen LogP contribution >= 0.6 is 0 Å². The van der Waals surface area contributed by atoms with Crippen LogP contribution in [0.15, 0.2) is 48.5 Å². The number of rotatable bonds is 6. The third kappa shape index (κ3) is 4.28. The fourth-order valence-corrected chi connectivity index (χ4v) is 2.95. The van der Waals surface area contributed by atoms with Gasteiger partial charge in [-0.2, -0.15) is 0 Å². The van der Waals surface area contributed by atoms with Gasteiger partial charge in [-0.25, -0.2) is 4.39 Å². The molecule has 0 saturated heterocycles. The molecule has 2 aromatic rings. The molecule has 2 aromatic carbocycles. The molecular weight excluding hydrogens is 291 g/mol. The molecule has 0 amide bonds. The molecule has 0 aromatic heterocycles. The number of aliphatic hydroxyl groups is 2. The Morgan fingerprint density at radius 2 is 1.76 bits per heavy atom. The van der Waals surface area contributed by atoms with E-state index < -0.39 is 17.3 Å². The molecule has 0 radical (unpaired) electrons. The molecule has 0 aliphatic carbocycles. The SMILES string of the molecule is [O-][S+](CCO)CC(O)c1ccc(-c2ccccc2F)cc1. The third-order valence-corrected chi connectivity index (χ3v) is 4.47. The van der Waals surface area contributed by atoms with Gasteiger partial charge in [0.25, 0.3) is 0 Å². The van der Waals surface area contributed by atoms with Gasteiger partial charge in [-0.15, -0.1) is 0 Å². The largest absolute Gasteiger partial charge is 0.616 e. The average molecular weight is 308 g/mol. The molecule has 112 valence electrons. The van der Waals surface area contributed by atoms with Gasteiger partial charge in [0.2, 0.25) is 0 Å². The average Bonchev–Trinajstić information content (AvgIpc) is 2.48. The van der Waals surface area contributed by atoms with Crippen LogP contribution < -0.4 is 0 Å². The second kappa shape index (κ2) is 7.56. The van der Waals surface area contributed by atoms with Crippen LogP contribution in [0.25, 0.3) is 11.1 Å². The molecule has 0 spiro atoms. The highest BCUT2D eigenvalue weighted by Gasteiger charge is 2.16. The van der Waals surface area contributed by atoms with E-state index in [1.807, 2.05) is 0 Å². The standard InChI is InChI=1S/C16H17FO3S/c17-15-4-2-1-3-14(15)12-5-7-13(8-6-12)16(19)11-21(20)10-9-18/h1-8,16,18-19H,9-11H2.